The maximum atomic E-state index is 4.86. The van der Waals surface area contributed by atoms with Gasteiger partial charge in [0.1, 0.15) is 0 Å². The molecule has 32 valence electrons. The summed E-state index contributed by atoms with van der Waals surface area (Å²) in [6.07, 6.45) is 0. The van der Waals surface area contributed by atoms with Gasteiger partial charge in [-0.2, -0.15) is 0 Å². The summed E-state index contributed by atoms with van der Waals surface area (Å²) in [5.74, 6) is 2.18. The highest BCUT2D eigenvalue weighted by Gasteiger charge is 2.41. The largest absolute Gasteiger partial charge is 0.434 e. The first-order valence-corrected chi connectivity index (χ1v) is 2.06. The fourth-order valence-corrected chi connectivity index (χ4v) is 0.655. The molecule has 0 amide bonds. The van der Waals surface area contributed by atoms with Crippen LogP contribution in [0.5, 0.6) is 0 Å². The Morgan fingerprint density at radius 1 is 1.83 bits per heavy atom. The van der Waals surface area contributed by atoms with Crippen LogP contribution in [-0.4, -0.2) is 6.04 Å². The van der Waals surface area contributed by atoms with Crippen LogP contribution >= 0.6 is 0 Å². The molecule has 0 saturated heterocycles. The van der Waals surface area contributed by atoms with E-state index in [1.54, 1.807) is 0 Å². The topological polar surface area (TPSA) is 24.6 Å². The van der Waals surface area contributed by atoms with E-state index in [1.165, 1.54) is 0 Å². The molecule has 2 aliphatic heterocycles. The van der Waals surface area contributed by atoms with Crippen LogP contribution in [0.2, 0.25) is 0 Å². The predicted octanol–water partition coefficient (Wildman–Crippen LogP) is 0.177. The molecule has 0 aromatic rings. The molecule has 6 heavy (non-hydrogen) atoms. The van der Waals surface area contributed by atoms with Gasteiger partial charge in [-0.25, -0.2) is 0 Å². The second kappa shape index (κ2) is 0.453. The van der Waals surface area contributed by atoms with Crippen LogP contribution in [-0.2, 0) is 4.74 Å². The van der Waals surface area contributed by atoms with Crippen molar-refractivity contribution in [1.82, 2.24) is 5.32 Å². The van der Waals surface area contributed by atoms with Gasteiger partial charge in [0.15, 0.2) is 5.76 Å². The second-order valence-corrected chi connectivity index (χ2v) is 1.66. The second-order valence-electron chi connectivity index (χ2n) is 1.66. The average Bonchev–Trinajstić information content (AvgIpc) is 2.12. The van der Waals surface area contributed by atoms with Crippen molar-refractivity contribution in [3.63, 3.8) is 0 Å². The Labute approximate surface area is 35.8 Å². The van der Waals surface area contributed by atoms with Gasteiger partial charge in [0, 0.05) is 0 Å². The Balaban J connectivity index is 2.32. The number of hydrogen-bond acceptors (Lipinski definition) is 2. The summed E-state index contributed by atoms with van der Waals surface area (Å²) in [7, 11) is 0. The standard InChI is InChI=1S/C4H5NO/c1-2-3-4(5-2)6-3/h2,5H,1H3. The van der Waals surface area contributed by atoms with Gasteiger partial charge in [-0.1, -0.05) is 0 Å². The molecule has 2 aliphatic rings. The first-order valence-electron chi connectivity index (χ1n) is 2.06. The third kappa shape index (κ3) is 0.103. The van der Waals surface area contributed by atoms with Crippen molar-refractivity contribution in [2.45, 2.75) is 13.0 Å². The van der Waals surface area contributed by atoms with Crippen LogP contribution in [0.1, 0.15) is 6.92 Å². The number of ether oxygens (including phenoxy) is 1. The lowest BCUT2D eigenvalue weighted by Gasteiger charge is -2.03. The third-order valence-electron chi connectivity index (χ3n) is 1.14. The highest BCUT2D eigenvalue weighted by molar-refractivity contribution is 5.31. The summed E-state index contributed by atoms with van der Waals surface area (Å²) in [6, 6.07) is 0.514. The minimum atomic E-state index is 0.514. The smallest absolute Gasteiger partial charge is 0.235 e. The van der Waals surface area contributed by atoms with E-state index in [0.717, 1.165) is 11.6 Å². The van der Waals surface area contributed by atoms with E-state index in [-0.39, 0.29) is 0 Å². The zero-order valence-electron chi connectivity index (χ0n) is 3.49. The molecule has 0 spiro atoms. The van der Waals surface area contributed by atoms with Gasteiger partial charge in [0.25, 0.3) is 0 Å². The van der Waals surface area contributed by atoms with Gasteiger partial charge < -0.3 is 10.1 Å². The molecule has 0 bridgehead atoms. The number of rotatable bonds is 0. The van der Waals surface area contributed by atoms with Crippen molar-refractivity contribution in [2.75, 3.05) is 0 Å². The van der Waals surface area contributed by atoms with E-state index in [1.807, 2.05) is 0 Å². The summed E-state index contributed by atoms with van der Waals surface area (Å²) in [5.41, 5.74) is 0. The molecule has 0 saturated carbocycles. The Kier molecular flexibility index (Phi) is 0.189. The molecule has 1 unspecified atom stereocenters. The van der Waals surface area contributed by atoms with Gasteiger partial charge in [0.05, 0.1) is 6.04 Å². The minimum absolute atomic E-state index is 0.514. The Hall–Kier alpha value is -0.660. The van der Waals surface area contributed by atoms with Gasteiger partial charge in [-0.05, 0) is 6.92 Å². The Morgan fingerprint density at radius 3 is 2.67 bits per heavy atom. The number of nitrogens with one attached hydrogen (secondary N) is 1. The Bertz CT molecular complexity index is 128. The molecule has 0 fully saturated rings. The molecule has 2 heterocycles. The lowest BCUT2D eigenvalue weighted by atomic mass is 10.2. The van der Waals surface area contributed by atoms with Crippen molar-refractivity contribution < 1.29 is 4.74 Å². The number of hydrogen-bond donors (Lipinski definition) is 1. The van der Waals surface area contributed by atoms with Crippen molar-refractivity contribution in [3.05, 3.63) is 11.6 Å². The highest BCUT2D eigenvalue weighted by atomic mass is 16.6. The summed E-state index contributed by atoms with van der Waals surface area (Å²) in [6.45, 7) is 2.08. The average molecular weight is 83.1 g/mol. The molecule has 0 radical (unpaired) electrons. The molecular formula is C4H5NO. The maximum absolute atomic E-state index is 4.86. The predicted molar refractivity (Wildman–Crippen MR) is 20.7 cm³/mol. The quantitative estimate of drug-likeness (QED) is 0.451. The summed E-state index contributed by atoms with van der Waals surface area (Å²) in [4.78, 5) is 0. The molecular weight excluding hydrogens is 78.0 g/mol. The van der Waals surface area contributed by atoms with Crippen molar-refractivity contribution in [2.24, 2.45) is 0 Å². The maximum Gasteiger partial charge on any atom is 0.235 e. The highest BCUT2D eigenvalue weighted by Crippen LogP contribution is 2.35. The summed E-state index contributed by atoms with van der Waals surface area (Å²) < 4.78 is 4.86. The van der Waals surface area contributed by atoms with Crippen LogP contribution in [0.25, 0.3) is 0 Å². The molecule has 2 nitrogen and oxygen atoms in total. The first-order chi connectivity index (χ1) is 2.88. The van der Waals surface area contributed by atoms with E-state index >= 15 is 0 Å². The normalized spacial score (nSPS) is 35.8. The van der Waals surface area contributed by atoms with E-state index in [2.05, 4.69) is 12.2 Å². The van der Waals surface area contributed by atoms with Crippen LogP contribution in [0, 0.1) is 0 Å². The van der Waals surface area contributed by atoms with Crippen LogP contribution in [0.4, 0.5) is 0 Å². The van der Waals surface area contributed by atoms with Crippen LogP contribution < -0.4 is 5.32 Å². The zero-order chi connectivity index (χ0) is 4.15. The Morgan fingerprint density at radius 2 is 2.67 bits per heavy atom. The SMILES string of the molecule is CC1NC2=C1O2. The zero-order valence-corrected chi connectivity index (χ0v) is 3.49. The lowest BCUT2D eigenvalue weighted by molar-refractivity contribution is 0.490. The van der Waals surface area contributed by atoms with Gasteiger partial charge >= 0.3 is 0 Å². The molecule has 0 aliphatic carbocycles. The van der Waals surface area contributed by atoms with Gasteiger partial charge in [-0.15, -0.1) is 0 Å². The molecule has 0 aromatic carbocycles. The van der Waals surface area contributed by atoms with Gasteiger partial charge in [0.2, 0.25) is 5.88 Å². The fraction of sp³-hybridized carbons (Fsp3) is 0.500. The van der Waals surface area contributed by atoms with E-state index in [4.69, 9.17) is 4.74 Å². The monoisotopic (exact) mass is 83.0 g/mol. The van der Waals surface area contributed by atoms with Crippen LogP contribution in [0.3, 0.4) is 0 Å². The lowest BCUT2D eigenvalue weighted by Crippen LogP contribution is -2.25. The van der Waals surface area contributed by atoms with E-state index in [0.29, 0.717) is 6.04 Å². The molecule has 1 N–H and O–H groups in total. The van der Waals surface area contributed by atoms with Crippen molar-refractivity contribution in [3.8, 4) is 0 Å². The van der Waals surface area contributed by atoms with Crippen molar-refractivity contribution in [1.29, 1.82) is 0 Å². The van der Waals surface area contributed by atoms with E-state index in [9.17, 15) is 0 Å². The molecule has 0 aromatic heterocycles. The summed E-state index contributed by atoms with van der Waals surface area (Å²) >= 11 is 0. The summed E-state index contributed by atoms with van der Waals surface area (Å²) in [5, 5.41) is 3.04. The van der Waals surface area contributed by atoms with E-state index < -0.39 is 0 Å². The minimum Gasteiger partial charge on any atom is -0.434 e. The molecule has 2 heteroatoms. The van der Waals surface area contributed by atoms with Crippen LogP contribution in [0.15, 0.2) is 11.6 Å². The molecule has 1 atom stereocenters. The molecule has 2 rings (SSSR count). The third-order valence-corrected chi connectivity index (χ3v) is 1.14. The first kappa shape index (κ1) is 2.50. The van der Waals surface area contributed by atoms with Gasteiger partial charge in [-0.3, -0.25) is 0 Å². The fourth-order valence-electron chi connectivity index (χ4n) is 0.655. The van der Waals surface area contributed by atoms with Crippen molar-refractivity contribution >= 4 is 0 Å².